The summed E-state index contributed by atoms with van der Waals surface area (Å²) in [6.45, 7) is 8.95. The van der Waals surface area contributed by atoms with E-state index in [-0.39, 0.29) is 37.3 Å². The molecule has 6 nitrogen and oxygen atoms in total. The molecular formula is C23H36O6. The van der Waals surface area contributed by atoms with E-state index in [1.165, 1.54) is 12.5 Å². The molecule has 0 saturated heterocycles. The van der Waals surface area contributed by atoms with Crippen molar-refractivity contribution in [3.8, 4) is 0 Å². The highest BCUT2D eigenvalue weighted by Gasteiger charge is 2.13. The van der Waals surface area contributed by atoms with Crippen molar-refractivity contribution in [3.05, 3.63) is 47.1 Å². The van der Waals surface area contributed by atoms with E-state index >= 15 is 0 Å². The second-order valence-electron chi connectivity index (χ2n) is 7.24. The molecular weight excluding hydrogens is 372 g/mol. The molecule has 0 aromatic rings. The summed E-state index contributed by atoms with van der Waals surface area (Å²) in [5, 5.41) is 27.1. The lowest BCUT2D eigenvalue weighted by Gasteiger charge is -2.11. The van der Waals surface area contributed by atoms with Crippen molar-refractivity contribution in [2.75, 3.05) is 19.8 Å². The summed E-state index contributed by atoms with van der Waals surface area (Å²) in [6.07, 6.45) is 10.2. The van der Waals surface area contributed by atoms with Gasteiger partial charge in [0.05, 0.1) is 13.2 Å². The van der Waals surface area contributed by atoms with Crippen LogP contribution in [0.2, 0.25) is 0 Å². The first-order valence-electron chi connectivity index (χ1n) is 9.99. The van der Waals surface area contributed by atoms with Gasteiger partial charge in [-0.15, -0.1) is 0 Å². The van der Waals surface area contributed by atoms with Crippen LogP contribution in [0.25, 0.3) is 0 Å². The number of carbonyl (C=O) groups excluding carboxylic acids is 1. The molecule has 0 amide bonds. The number of carboxylic acid groups (broad SMARTS) is 1. The number of rotatable bonds is 15. The maximum Gasteiger partial charge on any atom is 0.331 e. The lowest BCUT2D eigenvalue weighted by Crippen LogP contribution is -2.08. The normalized spacial score (nSPS) is 13.9. The fourth-order valence-electron chi connectivity index (χ4n) is 2.70. The van der Waals surface area contributed by atoms with Crippen LogP contribution in [0.15, 0.2) is 47.1 Å². The Morgan fingerprint density at radius 3 is 2.17 bits per heavy atom. The zero-order chi connectivity index (χ0) is 22.2. The van der Waals surface area contributed by atoms with E-state index in [0.29, 0.717) is 12.8 Å². The summed E-state index contributed by atoms with van der Waals surface area (Å²) < 4.78 is 5.12. The average molecular weight is 409 g/mol. The quantitative estimate of drug-likeness (QED) is 0.215. The van der Waals surface area contributed by atoms with Crippen molar-refractivity contribution in [1.82, 2.24) is 0 Å². The van der Waals surface area contributed by atoms with Gasteiger partial charge in [-0.3, -0.25) is 4.79 Å². The maximum atomic E-state index is 11.1. The maximum absolute atomic E-state index is 11.1. The largest absolute Gasteiger partial charge is 0.478 e. The van der Waals surface area contributed by atoms with Gasteiger partial charge in [-0.2, -0.15) is 0 Å². The second kappa shape index (κ2) is 15.7. The molecule has 0 aliphatic heterocycles. The number of hydrogen-bond donors (Lipinski definition) is 3. The Morgan fingerprint density at radius 2 is 1.62 bits per heavy atom. The minimum Gasteiger partial charge on any atom is -0.478 e. The molecule has 0 aromatic carbocycles. The fraction of sp³-hybridized carbons (Fsp3) is 0.565. The van der Waals surface area contributed by atoms with Gasteiger partial charge in [0.1, 0.15) is 6.61 Å². The lowest BCUT2D eigenvalue weighted by molar-refractivity contribution is -0.140. The number of aliphatic hydroxyl groups is 2. The van der Waals surface area contributed by atoms with E-state index in [2.05, 4.69) is 12.7 Å². The number of ether oxygens (including phenoxy) is 1. The lowest BCUT2D eigenvalue weighted by atomic mass is 9.94. The van der Waals surface area contributed by atoms with Gasteiger partial charge in [0.2, 0.25) is 0 Å². The van der Waals surface area contributed by atoms with Gasteiger partial charge in [-0.05, 0) is 62.5 Å². The summed E-state index contributed by atoms with van der Waals surface area (Å²) in [4.78, 5) is 22.1. The van der Waals surface area contributed by atoms with Gasteiger partial charge in [0, 0.05) is 12.5 Å². The third-order valence-electron chi connectivity index (χ3n) is 4.74. The highest BCUT2D eigenvalue weighted by atomic mass is 16.5. The van der Waals surface area contributed by atoms with Crippen LogP contribution in [0.4, 0.5) is 0 Å². The molecule has 0 aliphatic rings. The molecule has 0 unspecified atom stereocenters. The Morgan fingerprint density at radius 1 is 1.00 bits per heavy atom. The molecule has 0 spiro atoms. The van der Waals surface area contributed by atoms with E-state index in [4.69, 9.17) is 14.9 Å². The molecule has 1 atom stereocenters. The molecule has 0 fully saturated rings. The summed E-state index contributed by atoms with van der Waals surface area (Å²) in [5.41, 5.74) is 3.22. The Bertz CT molecular complexity index is 627. The Hall–Kier alpha value is -2.18. The minimum atomic E-state index is -0.947. The standard InChI is InChI=1S/C23H36O6/c1-17(11-12-18(2)19(3)23(27)28)7-5-9-22(16-29-20(4)26)10-6-8-21(15-25)13-14-24/h7,10,13,18,24-25H,3,5-6,8-9,11-12,14-16H2,1-2,4H3,(H,27,28)/b17-7+,21-13+,22-10-/t18-/m0/s1. The summed E-state index contributed by atoms with van der Waals surface area (Å²) in [6, 6.07) is 0. The number of carboxylic acids is 1. The van der Waals surface area contributed by atoms with Crippen molar-refractivity contribution in [1.29, 1.82) is 0 Å². The number of allylic oxidation sites excluding steroid dienone is 3. The van der Waals surface area contributed by atoms with E-state index in [1.54, 1.807) is 6.08 Å². The van der Waals surface area contributed by atoms with Crippen molar-refractivity contribution >= 4 is 11.9 Å². The fourth-order valence-corrected chi connectivity index (χ4v) is 2.70. The van der Waals surface area contributed by atoms with Crippen molar-refractivity contribution in [2.45, 2.75) is 59.3 Å². The number of aliphatic carboxylic acids is 1. The average Bonchev–Trinajstić information content (AvgIpc) is 2.68. The first-order chi connectivity index (χ1) is 13.7. The molecule has 3 N–H and O–H groups in total. The minimum absolute atomic E-state index is 0.0667. The summed E-state index contributed by atoms with van der Waals surface area (Å²) in [5.74, 6) is -1.34. The van der Waals surface area contributed by atoms with E-state index in [0.717, 1.165) is 36.8 Å². The Kier molecular flexibility index (Phi) is 14.5. The predicted octanol–water partition coefficient (Wildman–Crippen LogP) is 3.95. The molecule has 164 valence electrons. The van der Waals surface area contributed by atoms with Crippen molar-refractivity contribution in [2.24, 2.45) is 5.92 Å². The van der Waals surface area contributed by atoms with E-state index < -0.39 is 5.97 Å². The summed E-state index contributed by atoms with van der Waals surface area (Å²) in [7, 11) is 0. The topological polar surface area (TPSA) is 104 Å². The Labute approximate surface area is 174 Å². The van der Waals surface area contributed by atoms with Crippen LogP contribution in [0, 0.1) is 5.92 Å². The molecule has 0 radical (unpaired) electrons. The van der Waals surface area contributed by atoms with Crippen LogP contribution in [0.3, 0.4) is 0 Å². The van der Waals surface area contributed by atoms with E-state index in [1.807, 2.05) is 19.9 Å². The Balaban J connectivity index is 4.66. The molecule has 0 aliphatic carbocycles. The molecule has 0 rings (SSSR count). The molecule has 0 bridgehead atoms. The third kappa shape index (κ3) is 13.6. The number of esters is 1. The second-order valence-corrected chi connectivity index (χ2v) is 7.24. The van der Waals surface area contributed by atoms with Gasteiger partial charge in [-0.25, -0.2) is 4.79 Å². The van der Waals surface area contributed by atoms with Crippen LogP contribution in [-0.4, -0.2) is 47.1 Å². The third-order valence-corrected chi connectivity index (χ3v) is 4.74. The zero-order valence-electron chi connectivity index (χ0n) is 17.9. The number of aliphatic hydroxyl groups excluding tert-OH is 2. The van der Waals surface area contributed by atoms with Gasteiger partial charge in [0.15, 0.2) is 0 Å². The first-order valence-corrected chi connectivity index (χ1v) is 9.99. The predicted molar refractivity (Wildman–Crippen MR) is 114 cm³/mol. The number of hydrogen-bond acceptors (Lipinski definition) is 5. The molecule has 0 aromatic heterocycles. The van der Waals surface area contributed by atoms with Crippen LogP contribution in [-0.2, 0) is 14.3 Å². The van der Waals surface area contributed by atoms with Crippen LogP contribution in [0.5, 0.6) is 0 Å². The molecule has 6 heteroatoms. The van der Waals surface area contributed by atoms with Gasteiger partial charge in [0.25, 0.3) is 0 Å². The summed E-state index contributed by atoms with van der Waals surface area (Å²) >= 11 is 0. The molecule has 29 heavy (non-hydrogen) atoms. The van der Waals surface area contributed by atoms with Gasteiger partial charge in [-0.1, -0.05) is 37.3 Å². The zero-order valence-corrected chi connectivity index (χ0v) is 17.9. The molecule has 0 saturated carbocycles. The highest BCUT2D eigenvalue weighted by molar-refractivity contribution is 5.86. The highest BCUT2D eigenvalue weighted by Crippen LogP contribution is 2.19. The first kappa shape index (κ1) is 26.8. The smallest absolute Gasteiger partial charge is 0.331 e. The van der Waals surface area contributed by atoms with E-state index in [9.17, 15) is 14.7 Å². The molecule has 0 heterocycles. The number of carbonyl (C=O) groups is 2. The van der Waals surface area contributed by atoms with Crippen LogP contribution < -0.4 is 0 Å². The van der Waals surface area contributed by atoms with Crippen molar-refractivity contribution in [3.63, 3.8) is 0 Å². The van der Waals surface area contributed by atoms with Crippen LogP contribution in [0.1, 0.15) is 59.3 Å². The SMILES string of the molecule is C=C(C(=O)O)[C@@H](C)CC/C(C)=C/CC/C(=C/CC/C(=C\CO)CO)COC(C)=O. The van der Waals surface area contributed by atoms with Gasteiger partial charge >= 0.3 is 11.9 Å². The van der Waals surface area contributed by atoms with Crippen molar-refractivity contribution < 1.29 is 29.6 Å². The monoisotopic (exact) mass is 408 g/mol. The van der Waals surface area contributed by atoms with Gasteiger partial charge < -0.3 is 20.1 Å². The van der Waals surface area contributed by atoms with Crippen LogP contribution >= 0.6 is 0 Å².